The van der Waals surface area contributed by atoms with Gasteiger partial charge in [0.05, 0.1) is 13.7 Å². The number of nitrogens with zero attached hydrogens (tertiary/aromatic N) is 1. The summed E-state index contributed by atoms with van der Waals surface area (Å²) in [6.45, 7) is 5.28. The van der Waals surface area contributed by atoms with Gasteiger partial charge in [0.1, 0.15) is 5.75 Å². The van der Waals surface area contributed by atoms with Gasteiger partial charge in [0.25, 0.3) is 0 Å². The molecule has 1 aromatic rings. The molecule has 0 saturated heterocycles. The molecule has 1 unspecified atom stereocenters. The Morgan fingerprint density at radius 3 is 2.76 bits per heavy atom. The van der Waals surface area contributed by atoms with Crippen molar-refractivity contribution in [1.82, 2.24) is 10.2 Å². The summed E-state index contributed by atoms with van der Waals surface area (Å²) in [5.41, 5.74) is 1.07. The summed E-state index contributed by atoms with van der Waals surface area (Å²) >= 11 is 0. The number of para-hydroxylation sites is 1. The van der Waals surface area contributed by atoms with E-state index in [1.807, 2.05) is 29.2 Å². The van der Waals surface area contributed by atoms with Gasteiger partial charge in [-0.2, -0.15) is 0 Å². The number of methoxy groups -OCH3 is 1. The maximum Gasteiger partial charge on any atom is 0.237 e. The molecule has 0 aromatic heterocycles. The molecule has 4 heteroatoms. The summed E-state index contributed by atoms with van der Waals surface area (Å²) in [7, 11) is 1.67. The van der Waals surface area contributed by atoms with Crippen LogP contribution in [0.2, 0.25) is 0 Å². The van der Waals surface area contributed by atoms with Gasteiger partial charge in [0.2, 0.25) is 5.91 Å². The van der Waals surface area contributed by atoms with Crippen molar-refractivity contribution in [3.8, 4) is 5.75 Å². The topological polar surface area (TPSA) is 41.6 Å². The lowest BCUT2D eigenvalue weighted by molar-refractivity contribution is -0.131. The maximum absolute atomic E-state index is 12.5. The molecule has 0 radical (unpaired) electrons. The van der Waals surface area contributed by atoms with Gasteiger partial charge in [-0.1, -0.05) is 25.1 Å². The minimum atomic E-state index is 0.184. The Morgan fingerprint density at radius 2 is 2.14 bits per heavy atom. The van der Waals surface area contributed by atoms with Crippen LogP contribution in [0.5, 0.6) is 5.75 Å². The van der Waals surface area contributed by atoms with Crippen LogP contribution in [0.3, 0.4) is 0 Å². The fourth-order valence-corrected chi connectivity index (χ4v) is 2.33. The second kappa shape index (κ2) is 7.46. The van der Waals surface area contributed by atoms with Crippen molar-refractivity contribution in [2.45, 2.75) is 51.7 Å². The van der Waals surface area contributed by atoms with E-state index in [1.54, 1.807) is 7.11 Å². The lowest BCUT2D eigenvalue weighted by atomic mass is 10.2. The van der Waals surface area contributed by atoms with Crippen molar-refractivity contribution in [3.05, 3.63) is 29.8 Å². The van der Waals surface area contributed by atoms with Crippen molar-refractivity contribution >= 4 is 5.91 Å². The molecule has 4 nitrogen and oxygen atoms in total. The highest BCUT2D eigenvalue weighted by atomic mass is 16.5. The summed E-state index contributed by atoms with van der Waals surface area (Å²) in [6, 6.07) is 8.70. The lowest BCUT2D eigenvalue weighted by Crippen LogP contribution is -2.41. The van der Waals surface area contributed by atoms with Gasteiger partial charge in [-0.05, 0) is 32.3 Å². The van der Waals surface area contributed by atoms with Crippen LogP contribution in [-0.2, 0) is 11.3 Å². The van der Waals surface area contributed by atoms with E-state index in [9.17, 15) is 4.79 Å². The zero-order valence-electron chi connectivity index (χ0n) is 13.3. The van der Waals surface area contributed by atoms with Crippen molar-refractivity contribution in [2.24, 2.45) is 0 Å². The Bertz CT molecular complexity index is 472. The number of carbonyl (C=O) groups is 1. The molecule has 0 spiro atoms. The fourth-order valence-electron chi connectivity index (χ4n) is 2.33. The van der Waals surface area contributed by atoms with E-state index in [4.69, 9.17) is 4.74 Å². The molecule has 1 saturated carbocycles. The van der Waals surface area contributed by atoms with Crippen molar-refractivity contribution in [3.63, 3.8) is 0 Å². The minimum Gasteiger partial charge on any atom is -0.496 e. The number of rotatable bonds is 8. The molecule has 1 aromatic carbocycles. The van der Waals surface area contributed by atoms with E-state index in [-0.39, 0.29) is 5.91 Å². The molecule has 21 heavy (non-hydrogen) atoms. The van der Waals surface area contributed by atoms with E-state index in [1.165, 1.54) is 0 Å². The van der Waals surface area contributed by atoms with E-state index in [2.05, 4.69) is 19.2 Å². The predicted octanol–water partition coefficient (Wildman–Crippen LogP) is 2.57. The van der Waals surface area contributed by atoms with Crippen LogP contribution in [0.4, 0.5) is 0 Å². The number of ether oxygens (including phenoxy) is 1. The second-order valence-electron chi connectivity index (χ2n) is 5.75. The molecule has 1 aliphatic rings. The van der Waals surface area contributed by atoms with Crippen LogP contribution in [0, 0.1) is 0 Å². The van der Waals surface area contributed by atoms with Crippen LogP contribution < -0.4 is 10.1 Å². The third kappa shape index (κ3) is 4.46. The first-order valence-corrected chi connectivity index (χ1v) is 7.80. The van der Waals surface area contributed by atoms with Gasteiger partial charge in [0, 0.05) is 24.2 Å². The maximum atomic E-state index is 12.5. The molecule has 1 amide bonds. The third-order valence-corrected chi connectivity index (χ3v) is 4.06. The summed E-state index contributed by atoms with van der Waals surface area (Å²) in [5, 5.41) is 3.29. The highest BCUT2D eigenvalue weighted by Crippen LogP contribution is 2.30. The number of benzene rings is 1. The van der Waals surface area contributed by atoms with E-state index >= 15 is 0 Å². The van der Waals surface area contributed by atoms with E-state index < -0.39 is 0 Å². The van der Waals surface area contributed by atoms with Gasteiger partial charge >= 0.3 is 0 Å². The molecule has 1 N–H and O–H groups in total. The number of hydrogen-bond acceptors (Lipinski definition) is 3. The van der Waals surface area contributed by atoms with Crippen molar-refractivity contribution in [1.29, 1.82) is 0 Å². The fraction of sp³-hybridized carbons (Fsp3) is 0.588. The molecule has 1 atom stereocenters. The minimum absolute atomic E-state index is 0.184. The van der Waals surface area contributed by atoms with Crippen LogP contribution in [-0.4, -0.2) is 36.5 Å². The lowest BCUT2D eigenvalue weighted by Gasteiger charge is -2.24. The van der Waals surface area contributed by atoms with Crippen LogP contribution in [0.1, 0.15) is 38.7 Å². The predicted molar refractivity (Wildman–Crippen MR) is 84.3 cm³/mol. The molecule has 0 bridgehead atoms. The highest BCUT2D eigenvalue weighted by molar-refractivity contribution is 5.79. The van der Waals surface area contributed by atoms with Crippen LogP contribution in [0.25, 0.3) is 0 Å². The number of hydrogen-bond donors (Lipinski definition) is 1. The Morgan fingerprint density at radius 1 is 1.43 bits per heavy atom. The first kappa shape index (κ1) is 15.8. The van der Waals surface area contributed by atoms with E-state index in [0.717, 1.165) is 30.6 Å². The third-order valence-electron chi connectivity index (χ3n) is 4.06. The average Bonchev–Trinajstić information content (AvgIpc) is 3.34. The zero-order chi connectivity index (χ0) is 15.2. The van der Waals surface area contributed by atoms with Gasteiger partial charge in [-0.3, -0.25) is 4.79 Å². The first-order valence-electron chi connectivity index (χ1n) is 7.80. The van der Waals surface area contributed by atoms with Crippen molar-refractivity contribution in [2.75, 3.05) is 13.7 Å². The summed E-state index contributed by atoms with van der Waals surface area (Å²) < 4.78 is 5.39. The monoisotopic (exact) mass is 290 g/mol. The Kier molecular flexibility index (Phi) is 5.62. The molecular weight excluding hydrogens is 264 g/mol. The van der Waals surface area contributed by atoms with Crippen LogP contribution >= 0.6 is 0 Å². The molecule has 116 valence electrons. The van der Waals surface area contributed by atoms with Gasteiger partial charge in [-0.25, -0.2) is 0 Å². The van der Waals surface area contributed by atoms with Crippen molar-refractivity contribution < 1.29 is 9.53 Å². The Balaban J connectivity index is 2.00. The standard InChI is InChI=1S/C17H26N2O2/c1-4-13(2)18-11-17(20)19(15-9-10-15)12-14-7-5-6-8-16(14)21-3/h5-8,13,15,18H,4,9-12H2,1-3H3. The summed E-state index contributed by atoms with van der Waals surface area (Å²) in [5.74, 6) is 1.04. The summed E-state index contributed by atoms with van der Waals surface area (Å²) in [4.78, 5) is 14.5. The van der Waals surface area contributed by atoms with Crippen LogP contribution in [0.15, 0.2) is 24.3 Å². The number of amides is 1. The molecule has 1 aliphatic carbocycles. The normalized spacial score (nSPS) is 15.6. The smallest absolute Gasteiger partial charge is 0.237 e. The molecule has 1 fully saturated rings. The average molecular weight is 290 g/mol. The molecule has 0 aliphatic heterocycles. The zero-order valence-corrected chi connectivity index (χ0v) is 13.3. The molecule has 2 rings (SSSR count). The Labute approximate surface area is 127 Å². The van der Waals surface area contributed by atoms with Gasteiger partial charge in [0.15, 0.2) is 0 Å². The second-order valence-corrected chi connectivity index (χ2v) is 5.75. The largest absolute Gasteiger partial charge is 0.496 e. The quantitative estimate of drug-likeness (QED) is 0.800. The highest BCUT2D eigenvalue weighted by Gasteiger charge is 2.32. The molecule has 0 heterocycles. The van der Waals surface area contributed by atoms with E-state index in [0.29, 0.717) is 25.2 Å². The van der Waals surface area contributed by atoms with Gasteiger partial charge < -0.3 is 15.0 Å². The molecular formula is C17H26N2O2. The number of nitrogens with one attached hydrogen (secondary N) is 1. The summed E-state index contributed by atoms with van der Waals surface area (Å²) in [6.07, 6.45) is 3.26. The first-order chi connectivity index (χ1) is 10.2. The Hall–Kier alpha value is -1.55. The van der Waals surface area contributed by atoms with Gasteiger partial charge in [-0.15, -0.1) is 0 Å². The number of carbonyl (C=O) groups excluding carboxylic acids is 1. The SMILES string of the molecule is CCC(C)NCC(=O)N(Cc1ccccc1OC)C1CC1.